The molecule has 1 fully saturated rings. The van der Waals surface area contributed by atoms with Crippen molar-refractivity contribution in [3.63, 3.8) is 0 Å². The summed E-state index contributed by atoms with van der Waals surface area (Å²) in [6, 6.07) is 19.0. The number of rotatable bonds is 5. The fourth-order valence-corrected chi connectivity index (χ4v) is 4.13. The average molecular weight is 398 g/mol. The SMILES string of the molecule is O=C(N[C@@H](c1cnc2ccccc2c1)C1CC(O)C1)c1ccccc1-n1cccn1. The number of carbonyl (C=O) groups is 1. The summed E-state index contributed by atoms with van der Waals surface area (Å²) in [7, 11) is 0. The molecule has 0 radical (unpaired) electrons. The first kappa shape index (κ1) is 18.5. The molecule has 1 amide bonds. The molecule has 1 saturated carbocycles. The molecule has 2 aromatic carbocycles. The van der Waals surface area contributed by atoms with E-state index in [4.69, 9.17) is 0 Å². The molecule has 6 nitrogen and oxygen atoms in total. The van der Waals surface area contributed by atoms with E-state index in [1.54, 1.807) is 16.9 Å². The first-order chi connectivity index (χ1) is 14.7. The molecule has 0 spiro atoms. The molecule has 2 aromatic heterocycles. The van der Waals surface area contributed by atoms with Gasteiger partial charge in [-0.2, -0.15) is 5.10 Å². The predicted molar refractivity (Wildman–Crippen MR) is 114 cm³/mol. The fraction of sp³-hybridized carbons (Fsp3) is 0.208. The normalized spacial score (nSPS) is 19.2. The molecule has 5 rings (SSSR count). The Morgan fingerprint density at radius 1 is 1.10 bits per heavy atom. The van der Waals surface area contributed by atoms with Crippen molar-refractivity contribution in [2.45, 2.75) is 25.0 Å². The second kappa shape index (κ2) is 7.72. The molecule has 1 atom stereocenters. The largest absolute Gasteiger partial charge is 0.393 e. The highest BCUT2D eigenvalue weighted by molar-refractivity contribution is 5.98. The molecule has 2 heterocycles. The number of nitrogens with zero attached hydrogens (tertiary/aromatic N) is 3. The third-order valence-electron chi connectivity index (χ3n) is 5.78. The molecule has 30 heavy (non-hydrogen) atoms. The van der Waals surface area contributed by atoms with Gasteiger partial charge in [-0.25, -0.2) is 4.68 Å². The van der Waals surface area contributed by atoms with Crippen molar-refractivity contribution in [1.82, 2.24) is 20.1 Å². The van der Waals surface area contributed by atoms with Gasteiger partial charge < -0.3 is 10.4 Å². The second-order valence-corrected chi connectivity index (χ2v) is 7.77. The lowest BCUT2D eigenvalue weighted by molar-refractivity contribution is 0.0235. The lowest BCUT2D eigenvalue weighted by Crippen LogP contribution is -2.41. The van der Waals surface area contributed by atoms with Gasteiger partial charge in [0.1, 0.15) is 0 Å². The predicted octanol–water partition coefficient (Wildman–Crippen LogP) is 3.66. The number of carbonyl (C=O) groups excluding carboxylic acids is 1. The summed E-state index contributed by atoms with van der Waals surface area (Å²) in [5.74, 6) is 0.00410. The zero-order chi connectivity index (χ0) is 20.5. The Morgan fingerprint density at radius 3 is 2.70 bits per heavy atom. The third kappa shape index (κ3) is 3.46. The molecule has 0 unspecified atom stereocenters. The first-order valence-corrected chi connectivity index (χ1v) is 10.1. The number of pyridine rings is 1. The van der Waals surface area contributed by atoms with Gasteiger partial charge in [-0.15, -0.1) is 0 Å². The minimum atomic E-state index is -0.306. The maximum atomic E-state index is 13.3. The van der Waals surface area contributed by atoms with E-state index in [-0.39, 0.29) is 24.0 Å². The number of nitrogens with one attached hydrogen (secondary N) is 1. The van der Waals surface area contributed by atoms with Crippen LogP contribution in [0.5, 0.6) is 0 Å². The van der Waals surface area contributed by atoms with E-state index >= 15 is 0 Å². The zero-order valence-corrected chi connectivity index (χ0v) is 16.3. The number of fused-ring (bicyclic) bond motifs is 1. The highest BCUT2D eigenvalue weighted by atomic mass is 16.3. The number of aliphatic hydroxyl groups excluding tert-OH is 1. The van der Waals surface area contributed by atoms with Gasteiger partial charge in [0, 0.05) is 24.0 Å². The standard InChI is InChI=1S/C24H22N4O2/c29-19-13-17(14-19)23(18-12-16-6-1-3-8-21(16)25-15-18)27-24(30)20-7-2-4-9-22(20)28-11-5-10-26-28/h1-12,15,17,19,23,29H,13-14H2,(H,27,30)/t17?,19?,23-/m1/s1. The summed E-state index contributed by atoms with van der Waals surface area (Å²) in [4.78, 5) is 17.9. The third-order valence-corrected chi connectivity index (χ3v) is 5.78. The molecule has 2 N–H and O–H groups in total. The second-order valence-electron chi connectivity index (χ2n) is 7.77. The van der Waals surface area contributed by atoms with Crippen LogP contribution in [0.4, 0.5) is 0 Å². The highest BCUT2D eigenvalue weighted by Crippen LogP contribution is 2.38. The molecule has 4 aromatic rings. The minimum Gasteiger partial charge on any atom is -0.393 e. The minimum absolute atomic E-state index is 0.166. The van der Waals surface area contributed by atoms with Crippen LogP contribution < -0.4 is 5.32 Å². The molecule has 0 aliphatic heterocycles. The number of aliphatic hydroxyl groups is 1. The topological polar surface area (TPSA) is 80.0 Å². The summed E-state index contributed by atoms with van der Waals surface area (Å²) in [6.45, 7) is 0. The first-order valence-electron chi connectivity index (χ1n) is 10.1. The summed E-state index contributed by atoms with van der Waals surface area (Å²) in [6.07, 6.45) is 6.36. The molecular weight excluding hydrogens is 376 g/mol. The van der Waals surface area contributed by atoms with Crippen LogP contribution >= 0.6 is 0 Å². The number of hydrogen-bond acceptors (Lipinski definition) is 4. The van der Waals surface area contributed by atoms with Crippen LogP contribution in [0.25, 0.3) is 16.6 Å². The van der Waals surface area contributed by atoms with Crippen LogP contribution in [0.3, 0.4) is 0 Å². The van der Waals surface area contributed by atoms with Gasteiger partial charge in [0.15, 0.2) is 0 Å². The summed E-state index contributed by atoms with van der Waals surface area (Å²) in [5.41, 5.74) is 3.16. The fourth-order valence-electron chi connectivity index (χ4n) is 4.13. The number of benzene rings is 2. The van der Waals surface area contributed by atoms with Crippen molar-refractivity contribution in [3.05, 3.63) is 90.4 Å². The van der Waals surface area contributed by atoms with Crippen molar-refractivity contribution in [2.24, 2.45) is 5.92 Å². The number of hydrogen-bond donors (Lipinski definition) is 2. The molecule has 6 heteroatoms. The maximum absolute atomic E-state index is 13.3. The quantitative estimate of drug-likeness (QED) is 0.538. The summed E-state index contributed by atoms with van der Waals surface area (Å²) in [5, 5.41) is 18.4. The summed E-state index contributed by atoms with van der Waals surface area (Å²) >= 11 is 0. The zero-order valence-electron chi connectivity index (χ0n) is 16.3. The van der Waals surface area contributed by atoms with Crippen LogP contribution in [-0.4, -0.2) is 31.9 Å². The Labute approximate surface area is 174 Å². The van der Waals surface area contributed by atoms with Crippen molar-refractivity contribution in [1.29, 1.82) is 0 Å². The van der Waals surface area contributed by atoms with Crippen LogP contribution in [0.1, 0.15) is 34.8 Å². The van der Waals surface area contributed by atoms with Gasteiger partial charge in [0.2, 0.25) is 0 Å². The molecular formula is C24H22N4O2. The lowest BCUT2D eigenvalue weighted by Gasteiger charge is -2.38. The number of para-hydroxylation sites is 2. The van der Waals surface area contributed by atoms with E-state index in [1.807, 2.05) is 60.9 Å². The summed E-state index contributed by atoms with van der Waals surface area (Å²) < 4.78 is 1.69. The Kier molecular flexibility index (Phi) is 4.77. The van der Waals surface area contributed by atoms with E-state index < -0.39 is 0 Å². The van der Waals surface area contributed by atoms with E-state index in [9.17, 15) is 9.90 Å². The van der Waals surface area contributed by atoms with Gasteiger partial charge >= 0.3 is 0 Å². The van der Waals surface area contributed by atoms with Gasteiger partial charge in [0.05, 0.1) is 28.9 Å². The van der Waals surface area contributed by atoms with E-state index in [1.165, 1.54) is 0 Å². The van der Waals surface area contributed by atoms with Gasteiger partial charge in [-0.1, -0.05) is 30.3 Å². The lowest BCUT2D eigenvalue weighted by atomic mass is 9.75. The van der Waals surface area contributed by atoms with Crippen molar-refractivity contribution in [2.75, 3.05) is 0 Å². The molecule has 150 valence electrons. The van der Waals surface area contributed by atoms with Gasteiger partial charge in [-0.05, 0) is 54.7 Å². The molecule has 0 saturated heterocycles. The van der Waals surface area contributed by atoms with Crippen LogP contribution in [0.15, 0.2) is 79.3 Å². The van der Waals surface area contributed by atoms with Crippen LogP contribution in [0.2, 0.25) is 0 Å². The van der Waals surface area contributed by atoms with E-state index in [0.29, 0.717) is 18.4 Å². The van der Waals surface area contributed by atoms with Crippen LogP contribution in [0, 0.1) is 5.92 Å². The maximum Gasteiger partial charge on any atom is 0.253 e. The molecule has 1 aliphatic rings. The van der Waals surface area contributed by atoms with Crippen molar-refractivity contribution >= 4 is 16.8 Å². The average Bonchev–Trinajstić information content (AvgIpc) is 3.30. The Balaban J connectivity index is 1.48. The Morgan fingerprint density at radius 2 is 1.90 bits per heavy atom. The van der Waals surface area contributed by atoms with Crippen LogP contribution in [-0.2, 0) is 0 Å². The Hall–Kier alpha value is -3.51. The number of aromatic nitrogens is 3. The Bertz CT molecular complexity index is 1180. The van der Waals surface area contributed by atoms with E-state index in [0.717, 1.165) is 22.2 Å². The number of amides is 1. The molecule has 0 bridgehead atoms. The highest BCUT2D eigenvalue weighted by Gasteiger charge is 2.36. The van der Waals surface area contributed by atoms with E-state index in [2.05, 4.69) is 21.5 Å². The smallest absolute Gasteiger partial charge is 0.253 e. The van der Waals surface area contributed by atoms with Crippen molar-refractivity contribution in [3.8, 4) is 5.69 Å². The monoisotopic (exact) mass is 398 g/mol. The van der Waals surface area contributed by atoms with Crippen molar-refractivity contribution < 1.29 is 9.90 Å². The molecule has 1 aliphatic carbocycles. The van der Waals surface area contributed by atoms with Gasteiger partial charge in [-0.3, -0.25) is 9.78 Å². The van der Waals surface area contributed by atoms with Gasteiger partial charge in [0.25, 0.3) is 5.91 Å².